The van der Waals surface area contributed by atoms with Crippen LogP contribution in [0.25, 0.3) is 22.3 Å². The molecule has 0 unspecified atom stereocenters. The summed E-state index contributed by atoms with van der Waals surface area (Å²) in [6.45, 7) is 4.55. The molecule has 0 radical (unpaired) electrons. The first kappa shape index (κ1) is 24.2. The van der Waals surface area contributed by atoms with Crippen molar-refractivity contribution in [2.24, 2.45) is 0 Å². The molecule has 6 aromatic carbocycles. The molecule has 0 atom stereocenters. The van der Waals surface area contributed by atoms with E-state index >= 15 is 0 Å². The third-order valence-corrected chi connectivity index (χ3v) is 8.92. The Labute approximate surface area is 250 Å². The highest BCUT2D eigenvalue weighted by Gasteiger charge is 2.37. The average molecular weight is 558 g/mol. The van der Waals surface area contributed by atoms with Crippen LogP contribution >= 0.6 is 0 Å². The van der Waals surface area contributed by atoms with Gasteiger partial charge in [0.2, 0.25) is 0 Å². The molecule has 2 aliphatic heterocycles. The molecule has 2 heterocycles. The topological polar surface area (TPSA) is 30.9 Å². The van der Waals surface area contributed by atoms with Gasteiger partial charge >= 0.3 is 0 Å². The van der Waals surface area contributed by atoms with E-state index in [1.807, 2.05) is 42.5 Å². The summed E-state index contributed by atoms with van der Waals surface area (Å²) in [6, 6.07) is 43.9. The molecular weight excluding hydrogens is 530 g/mol. The largest absolute Gasteiger partial charge is 0.453 e. The van der Waals surface area contributed by atoms with Crippen molar-refractivity contribution in [3.05, 3.63) is 139 Å². The molecule has 6 aromatic rings. The lowest BCUT2D eigenvalue weighted by Crippen LogP contribution is -2.16. The van der Waals surface area contributed by atoms with Gasteiger partial charge in [-0.15, -0.1) is 0 Å². The van der Waals surface area contributed by atoms with Crippen LogP contribution in [0.15, 0.2) is 127 Å². The highest BCUT2D eigenvalue weighted by Crippen LogP contribution is 2.56. The number of fused-ring (bicyclic) bond motifs is 7. The zero-order valence-electron chi connectivity index (χ0n) is 23.8. The molecule has 4 heteroatoms. The van der Waals surface area contributed by atoms with Crippen LogP contribution in [0.2, 0.25) is 0 Å². The van der Waals surface area contributed by atoms with Gasteiger partial charge in [0.15, 0.2) is 34.5 Å². The van der Waals surface area contributed by atoms with E-state index in [2.05, 4.69) is 104 Å². The summed E-state index contributed by atoms with van der Waals surface area (Å²) < 4.78 is 19.3. The molecule has 0 saturated carbocycles. The third-order valence-electron chi connectivity index (χ3n) is 8.92. The van der Waals surface area contributed by atoms with Gasteiger partial charge in [0.05, 0.1) is 17.1 Å². The molecule has 3 aliphatic rings. The highest BCUT2D eigenvalue weighted by atomic mass is 16.6. The van der Waals surface area contributed by atoms with Crippen LogP contribution < -0.4 is 19.1 Å². The maximum Gasteiger partial charge on any atom is 0.170 e. The molecule has 0 spiro atoms. The Morgan fingerprint density at radius 3 is 1.74 bits per heavy atom. The van der Waals surface area contributed by atoms with E-state index in [1.165, 1.54) is 22.3 Å². The van der Waals surface area contributed by atoms with Crippen molar-refractivity contribution >= 4 is 17.1 Å². The third kappa shape index (κ3) is 3.50. The summed E-state index contributed by atoms with van der Waals surface area (Å²) in [7, 11) is 0. The Kier molecular flexibility index (Phi) is 4.92. The lowest BCUT2D eigenvalue weighted by Gasteiger charge is -2.34. The van der Waals surface area contributed by atoms with Crippen LogP contribution in [0.1, 0.15) is 25.0 Å². The van der Waals surface area contributed by atoms with E-state index in [4.69, 9.17) is 14.2 Å². The number of para-hydroxylation sites is 5. The number of anilines is 3. The predicted molar refractivity (Wildman–Crippen MR) is 171 cm³/mol. The van der Waals surface area contributed by atoms with Gasteiger partial charge in [0.1, 0.15) is 0 Å². The van der Waals surface area contributed by atoms with Crippen LogP contribution in [-0.4, -0.2) is 0 Å². The van der Waals surface area contributed by atoms with Crippen molar-refractivity contribution in [2.45, 2.75) is 19.3 Å². The predicted octanol–water partition coefficient (Wildman–Crippen LogP) is 11.1. The number of hydrogen-bond donors (Lipinski definition) is 0. The Morgan fingerprint density at radius 2 is 0.977 bits per heavy atom. The van der Waals surface area contributed by atoms with Crippen molar-refractivity contribution in [1.82, 2.24) is 0 Å². The SMILES string of the molecule is CC1(C)c2ccccc2-c2cc3c(cc21)Oc1ccc(-c2ccccc2N2c4ccccc4Oc4ccccc42)cc1O3. The van der Waals surface area contributed by atoms with Gasteiger partial charge in [-0.05, 0) is 82.4 Å². The second-order valence-corrected chi connectivity index (χ2v) is 11.8. The van der Waals surface area contributed by atoms with Gasteiger partial charge in [-0.1, -0.05) is 86.6 Å². The van der Waals surface area contributed by atoms with E-state index < -0.39 is 0 Å². The monoisotopic (exact) mass is 557 g/mol. The van der Waals surface area contributed by atoms with E-state index in [0.29, 0.717) is 11.5 Å². The minimum Gasteiger partial charge on any atom is -0.453 e. The Balaban J connectivity index is 1.14. The zero-order chi connectivity index (χ0) is 28.7. The Morgan fingerprint density at radius 1 is 0.419 bits per heavy atom. The van der Waals surface area contributed by atoms with Crippen molar-refractivity contribution in [2.75, 3.05) is 4.90 Å². The summed E-state index contributed by atoms with van der Waals surface area (Å²) in [5.74, 6) is 4.55. The standard InChI is InChI=1S/C39H27NO3/c1-39(2)28-13-5-3-12-26(28)27-22-37-38(23-29(27)39)42-35-20-19-24(21-36(35)43-37)25-11-4-6-14-30(25)40-31-15-7-9-17-33(31)41-34-18-10-8-16-32(34)40/h3-23H,1-2H3. The van der Waals surface area contributed by atoms with Crippen molar-refractivity contribution < 1.29 is 14.2 Å². The van der Waals surface area contributed by atoms with Crippen LogP contribution in [0, 0.1) is 0 Å². The van der Waals surface area contributed by atoms with Gasteiger partial charge < -0.3 is 19.1 Å². The van der Waals surface area contributed by atoms with Gasteiger partial charge in [-0.25, -0.2) is 0 Å². The van der Waals surface area contributed by atoms with Crippen molar-refractivity contribution in [1.29, 1.82) is 0 Å². The minimum atomic E-state index is -0.102. The lowest BCUT2D eigenvalue weighted by atomic mass is 9.82. The quantitative estimate of drug-likeness (QED) is 0.212. The Hall–Kier alpha value is -5.48. The van der Waals surface area contributed by atoms with Gasteiger partial charge in [-0.3, -0.25) is 0 Å². The summed E-state index contributed by atoms with van der Waals surface area (Å²) in [5.41, 5.74) is 10.1. The molecule has 0 amide bonds. The molecule has 43 heavy (non-hydrogen) atoms. The average Bonchev–Trinajstić information content (AvgIpc) is 3.26. The second-order valence-electron chi connectivity index (χ2n) is 11.8. The molecule has 9 rings (SSSR count). The molecule has 206 valence electrons. The molecule has 0 fully saturated rings. The van der Waals surface area contributed by atoms with E-state index in [0.717, 1.165) is 51.2 Å². The highest BCUT2D eigenvalue weighted by molar-refractivity contribution is 5.93. The molecule has 0 aromatic heterocycles. The number of ether oxygens (including phenoxy) is 3. The number of nitrogens with zero attached hydrogens (tertiary/aromatic N) is 1. The normalized spacial score (nSPS) is 14.5. The summed E-state index contributed by atoms with van der Waals surface area (Å²) in [6.07, 6.45) is 0. The molecular formula is C39H27NO3. The first-order valence-electron chi connectivity index (χ1n) is 14.6. The summed E-state index contributed by atoms with van der Waals surface area (Å²) in [5, 5.41) is 0. The van der Waals surface area contributed by atoms with Crippen LogP contribution in [0.4, 0.5) is 17.1 Å². The number of rotatable bonds is 2. The van der Waals surface area contributed by atoms with Crippen LogP contribution in [0.5, 0.6) is 34.5 Å². The zero-order valence-corrected chi connectivity index (χ0v) is 23.8. The molecule has 1 aliphatic carbocycles. The molecule has 0 N–H and O–H groups in total. The van der Waals surface area contributed by atoms with Gasteiger partial charge in [-0.2, -0.15) is 0 Å². The molecule has 4 nitrogen and oxygen atoms in total. The number of hydrogen-bond acceptors (Lipinski definition) is 4. The second kappa shape index (κ2) is 8.76. The maximum absolute atomic E-state index is 6.59. The van der Waals surface area contributed by atoms with E-state index in [9.17, 15) is 0 Å². The summed E-state index contributed by atoms with van der Waals surface area (Å²) >= 11 is 0. The van der Waals surface area contributed by atoms with Crippen LogP contribution in [-0.2, 0) is 5.41 Å². The van der Waals surface area contributed by atoms with E-state index in [1.54, 1.807) is 0 Å². The van der Waals surface area contributed by atoms with E-state index in [-0.39, 0.29) is 5.41 Å². The van der Waals surface area contributed by atoms with Crippen molar-refractivity contribution in [3.8, 4) is 56.8 Å². The van der Waals surface area contributed by atoms with Gasteiger partial charge in [0, 0.05) is 11.0 Å². The van der Waals surface area contributed by atoms with Crippen molar-refractivity contribution in [3.63, 3.8) is 0 Å². The maximum atomic E-state index is 6.59. The fourth-order valence-electron chi connectivity index (χ4n) is 6.82. The smallest absolute Gasteiger partial charge is 0.170 e. The first-order chi connectivity index (χ1) is 21.1. The summed E-state index contributed by atoms with van der Waals surface area (Å²) in [4.78, 5) is 2.28. The minimum absolute atomic E-state index is 0.102. The van der Waals surface area contributed by atoms with Crippen LogP contribution in [0.3, 0.4) is 0 Å². The molecule has 0 bridgehead atoms. The number of benzene rings is 6. The van der Waals surface area contributed by atoms with Gasteiger partial charge in [0.25, 0.3) is 0 Å². The fourth-order valence-corrected chi connectivity index (χ4v) is 6.82. The Bertz CT molecular complexity index is 2070. The lowest BCUT2D eigenvalue weighted by molar-refractivity contribution is 0.359. The fraction of sp³-hybridized carbons (Fsp3) is 0.0769. The molecule has 0 saturated heterocycles. The first-order valence-corrected chi connectivity index (χ1v) is 14.6.